The molecule has 0 radical (unpaired) electrons. The predicted molar refractivity (Wildman–Crippen MR) is 130 cm³/mol. The van der Waals surface area contributed by atoms with Gasteiger partial charge in [-0.25, -0.2) is 12.8 Å². The summed E-state index contributed by atoms with van der Waals surface area (Å²) in [4.78, 5) is 16.5. The molecule has 2 N–H and O–H groups in total. The minimum Gasteiger partial charge on any atom is -0.388 e. The number of likely N-dealkylation sites (tertiary alicyclic amines) is 1. The first kappa shape index (κ1) is 24.5. The second kappa shape index (κ2) is 9.58. The number of amides is 1. The molecular weight excluding hydrogens is 475 g/mol. The van der Waals surface area contributed by atoms with Crippen molar-refractivity contribution in [2.24, 2.45) is 0 Å². The molecule has 0 spiro atoms. The van der Waals surface area contributed by atoms with Gasteiger partial charge in [0.2, 0.25) is 0 Å². The fourth-order valence-electron chi connectivity index (χ4n) is 4.33. The van der Waals surface area contributed by atoms with Crippen LogP contribution in [-0.2, 0) is 16.4 Å². The van der Waals surface area contributed by atoms with Crippen LogP contribution >= 0.6 is 11.3 Å². The summed E-state index contributed by atoms with van der Waals surface area (Å²) in [5.74, 6) is -0.808. The second-order valence-electron chi connectivity index (χ2n) is 8.91. The van der Waals surface area contributed by atoms with Gasteiger partial charge >= 0.3 is 0 Å². The first-order valence-electron chi connectivity index (χ1n) is 10.9. The molecule has 2 aromatic carbocycles. The lowest BCUT2D eigenvalue weighted by Crippen LogP contribution is -2.62. The number of sulfone groups is 1. The zero-order valence-electron chi connectivity index (χ0n) is 18.9. The number of rotatable bonds is 6. The molecule has 3 atom stereocenters. The van der Waals surface area contributed by atoms with Gasteiger partial charge in [0.15, 0.2) is 9.84 Å². The van der Waals surface area contributed by atoms with Crippen molar-refractivity contribution in [1.29, 1.82) is 0 Å². The first-order valence-corrected chi connectivity index (χ1v) is 13.7. The maximum absolute atomic E-state index is 13.3. The summed E-state index contributed by atoms with van der Waals surface area (Å²) in [5.41, 5.74) is 0.0794. The van der Waals surface area contributed by atoms with Crippen molar-refractivity contribution in [1.82, 2.24) is 10.2 Å². The smallest absolute Gasteiger partial charge is 0.251 e. The molecule has 1 amide bonds. The van der Waals surface area contributed by atoms with Gasteiger partial charge in [0.25, 0.3) is 5.91 Å². The van der Waals surface area contributed by atoms with E-state index in [1.165, 1.54) is 30.5 Å². The van der Waals surface area contributed by atoms with Crippen LogP contribution in [0.1, 0.15) is 40.2 Å². The number of hydrogen-bond acceptors (Lipinski definition) is 6. The Balaban J connectivity index is 1.63. The number of carbonyl (C=O) groups excluding carboxylic acids is 1. The summed E-state index contributed by atoms with van der Waals surface area (Å²) < 4.78 is 36.9. The molecule has 9 heteroatoms. The van der Waals surface area contributed by atoms with E-state index in [1.54, 1.807) is 42.5 Å². The van der Waals surface area contributed by atoms with Crippen molar-refractivity contribution in [2.45, 2.75) is 42.5 Å². The van der Waals surface area contributed by atoms with E-state index in [0.717, 1.165) is 10.4 Å². The monoisotopic (exact) mass is 502 g/mol. The van der Waals surface area contributed by atoms with Gasteiger partial charge in [0, 0.05) is 29.8 Å². The van der Waals surface area contributed by atoms with Crippen molar-refractivity contribution in [3.05, 3.63) is 87.9 Å². The Labute approximate surface area is 203 Å². The van der Waals surface area contributed by atoms with E-state index in [9.17, 15) is 22.7 Å². The lowest BCUT2D eigenvalue weighted by Gasteiger charge is -2.48. The van der Waals surface area contributed by atoms with Crippen molar-refractivity contribution < 1.29 is 22.7 Å². The molecule has 34 heavy (non-hydrogen) atoms. The lowest BCUT2D eigenvalue weighted by atomic mass is 9.81. The number of aliphatic hydroxyl groups is 1. The molecule has 4 rings (SSSR count). The number of piperidine rings is 1. The van der Waals surface area contributed by atoms with Crippen LogP contribution in [0.15, 0.2) is 70.9 Å². The average Bonchev–Trinajstić information content (AvgIpc) is 3.31. The molecule has 0 bridgehead atoms. The van der Waals surface area contributed by atoms with Gasteiger partial charge in [0.05, 0.1) is 22.6 Å². The summed E-state index contributed by atoms with van der Waals surface area (Å²) in [6.07, 6.45) is 1.61. The highest BCUT2D eigenvalue weighted by molar-refractivity contribution is 7.90. The van der Waals surface area contributed by atoms with Crippen LogP contribution in [0.3, 0.4) is 0 Å². The number of nitrogens with zero attached hydrogens (tertiary/aromatic N) is 1. The quantitative estimate of drug-likeness (QED) is 0.536. The standard InChI is InChI=1S/C25H27FN2O4S2/c1-25(30)13-14-28(16-17-5-11-20(12-6-17)34(2,31)32)22(21-4-3-15-33-21)23(25)27-24(29)18-7-9-19(26)10-8-18/h3-12,15,22-23,30H,13-14,16H2,1-2H3,(H,27,29)/t22-,23-,25+/m0/s1. The number of thiophene rings is 1. The maximum Gasteiger partial charge on any atom is 0.251 e. The fourth-order valence-corrected chi connectivity index (χ4v) is 5.86. The Kier molecular flexibility index (Phi) is 6.91. The van der Waals surface area contributed by atoms with Gasteiger partial charge in [-0.2, -0.15) is 0 Å². The normalized spacial score (nSPS) is 23.5. The molecule has 1 saturated heterocycles. The number of halogens is 1. The maximum atomic E-state index is 13.3. The SMILES string of the molecule is C[C@@]1(O)CCN(Cc2ccc(S(C)(=O)=O)cc2)[C@@H](c2cccs2)[C@@H]1NC(=O)c1ccc(F)cc1. The molecule has 1 aliphatic rings. The molecule has 0 unspecified atom stereocenters. The highest BCUT2D eigenvalue weighted by atomic mass is 32.2. The molecule has 1 aliphatic heterocycles. The van der Waals surface area contributed by atoms with Crippen LogP contribution in [0.2, 0.25) is 0 Å². The molecule has 1 aromatic heterocycles. The molecule has 0 aliphatic carbocycles. The fraction of sp³-hybridized carbons (Fsp3) is 0.320. The van der Waals surface area contributed by atoms with Crippen LogP contribution in [0.4, 0.5) is 4.39 Å². The Morgan fingerprint density at radius 1 is 1.18 bits per heavy atom. The summed E-state index contributed by atoms with van der Waals surface area (Å²) in [6, 6.07) is 15.1. The molecule has 1 fully saturated rings. The molecule has 180 valence electrons. The molecular formula is C25H27FN2O4S2. The van der Waals surface area contributed by atoms with E-state index in [4.69, 9.17) is 0 Å². The zero-order chi connectivity index (χ0) is 24.5. The van der Waals surface area contributed by atoms with Crippen LogP contribution in [0, 0.1) is 5.82 Å². The van der Waals surface area contributed by atoms with Gasteiger partial charge in [-0.15, -0.1) is 11.3 Å². The summed E-state index contributed by atoms with van der Waals surface area (Å²) in [5, 5.41) is 16.2. The third-order valence-corrected chi connectivity index (χ3v) is 8.32. The third-order valence-electron chi connectivity index (χ3n) is 6.25. The minimum atomic E-state index is -3.28. The van der Waals surface area contributed by atoms with Gasteiger partial charge in [-0.3, -0.25) is 9.69 Å². The van der Waals surface area contributed by atoms with E-state index in [-0.39, 0.29) is 16.8 Å². The second-order valence-corrected chi connectivity index (χ2v) is 11.9. The predicted octanol–water partition coefficient (Wildman–Crippen LogP) is 3.79. The number of nitrogens with one attached hydrogen (secondary N) is 1. The Morgan fingerprint density at radius 3 is 2.44 bits per heavy atom. The van der Waals surface area contributed by atoms with Crippen molar-refractivity contribution in [2.75, 3.05) is 12.8 Å². The van der Waals surface area contributed by atoms with E-state index in [0.29, 0.717) is 25.1 Å². The Bertz CT molecular complexity index is 1240. The van der Waals surface area contributed by atoms with Gasteiger partial charge in [-0.05, 0) is 66.8 Å². The van der Waals surface area contributed by atoms with E-state index < -0.39 is 27.3 Å². The largest absolute Gasteiger partial charge is 0.388 e. The van der Waals surface area contributed by atoms with Gasteiger partial charge in [-0.1, -0.05) is 18.2 Å². The number of benzene rings is 2. The van der Waals surface area contributed by atoms with Crippen molar-refractivity contribution >= 4 is 27.1 Å². The topological polar surface area (TPSA) is 86.7 Å². The van der Waals surface area contributed by atoms with Gasteiger partial charge in [0.1, 0.15) is 5.82 Å². The molecule has 3 aromatic rings. The highest BCUT2D eigenvalue weighted by Crippen LogP contribution is 2.39. The van der Waals surface area contributed by atoms with E-state index >= 15 is 0 Å². The summed E-state index contributed by atoms with van der Waals surface area (Å²) in [7, 11) is -3.28. The zero-order valence-corrected chi connectivity index (χ0v) is 20.6. The molecule has 6 nitrogen and oxygen atoms in total. The van der Waals surface area contributed by atoms with Crippen molar-refractivity contribution in [3.63, 3.8) is 0 Å². The molecule has 2 heterocycles. The van der Waals surface area contributed by atoms with Crippen molar-refractivity contribution in [3.8, 4) is 0 Å². The highest BCUT2D eigenvalue weighted by Gasteiger charge is 2.46. The van der Waals surface area contributed by atoms with Crippen LogP contribution in [-0.4, -0.2) is 48.8 Å². The lowest BCUT2D eigenvalue weighted by molar-refractivity contribution is -0.0656. The van der Waals surface area contributed by atoms with E-state index in [1.807, 2.05) is 17.5 Å². The van der Waals surface area contributed by atoms with Crippen LogP contribution in [0.5, 0.6) is 0 Å². The average molecular weight is 503 g/mol. The minimum absolute atomic E-state index is 0.261. The van der Waals surface area contributed by atoms with Crippen LogP contribution in [0.25, 0.3) is 0 Å². The van der Waals surface area contributed by atoms with Gasteiger partial charge < -0.3 is 10.4 Å². The Morgan fingerprint density at radius 2 is 1.85 bits per heavy atom. The van der Waals surface area contributed by atoms with Crippen LogP contribution < -0.4 is 5.32 Å². The number of carbonyl (C=O) groups is 1. The number of hydrogen-bond donors (Lipinski definition) is 2. The summed E-state index contributed by atoms with van der Waals surface area (Å²) >= 11 is 1.55. The first-order chi connectivity index (χ1) is 16.0. The summed E-state index contributed by atoms with van der Waals surface area (Å²) in [6.45, 7) is 2.83. The molecule has 0 saturated carbocycles. The third kappa shape index (κ3) is 5.38. The van der Waals surface area contributed by atoms with E-state index in [2.05, 4.69) is 10.2 Å². The Hall–Kier alpha value is -2.59.